The highest BCUT2D eigenvalue weighted by Gasteiger charge is 2.23. The van der Waals surface area contributed by atoms with Gasteiger partial charge in [-0.1, -0.05) is 42.5 Å². The summed E-state index contributed by atoms with van der Waals surface area (Å²) < 4.78 is 5.95. The number of para-hydroxylation sites is 1. The van der Waals surface area contributed by atoms with Crippen molar-refractivity contribution in [1.82, 2.24) is 5.32 Å². The van der Waals surface area contributed by atoms with E-state index in [0.717, 1.165) is 24.2 Å². The second kappa shape index (κ2) is 5.05. The molecule has 0 bridgehead atoms. The SMILES string of the molecule is CC(NC1Cc2ccccc2C1)c1cc2ccccc2o1. The van der Waals surface area contributed by atoms with Crippen molar-refractivity contribution >= 4 is 11.0 Å². The molecule has 2 heteroatoms. The number of nitrogens with one attached hydrogen (secondary N) is 1. The molecule has 0 aliphatic heterocycles. The Bertz CT molecular complexity index is 716. The van der Waals surface area contributed by atoms with E-state index in [1.165, 1.54) is 16.5 Å². The van der Waals surface area contributed by atoms with Gasteiger partial charge in [0.2, 0.25) is 0 Å². The van der Waals surface area contributed by atoms with Crippen LogP contribution in [0, 0.1) is 0 Å². The molecule has 106 valence electrons. The van der Waals surface area contributed by atoms with E-state index >= 15 is 0 Å². The zero-order valence-corrected chi connectivity index (χ0v) is 12.2. The highest BCUT2D eigenvalue weighted by Crippen LogP contribution is 2.27. The molecule has 2 nitrogen and oxygen atoms in total. The Labute approximate surface area is 124 Å². The lowest BCUT2D eigenvalue weighted by molar-refractivity contribution is 0.405. The molecule has 0 saturated carbocycles. The molecule has 4 rings (SSSR count). The van der Waals surface area contributed by atoms with Crippen LogP contribution in [-0.2, 0) is 12.8 Å². The Balaban J connectivity index is 1.50. The van der Waals surface area contributed by atoms with Crippen LogP contribution in [0.2, 0.25) is 0 Å². The summed E-state index contributed by atoms with van der Waals surface area (Å²) in [6, 6.07) is 19.8. The maximum atomic E-state index is 5.95. The van der Waals surface area contributed by atoms with E-state index in [1.54, 1.807) is 0 Å². The maximum Gasteiger partial charge on any atom is 0.134 e. The molecule has 0 amide bonds. The van der Waals surface area contributed by atoms with Crippen molar-refractivity contribution in [2.45, 2.75) is 31.8 Å². The van der Waals surface area contributed by atoms with Crippen LogP contribution in [-0.4, -0.2) is 6.04 Å². The molecule has 1 N–H and O–H groups in total. The Morgan fingerprint density at radius 3 is 2.38 bits per heavy atom. The van der Waals surface area contributed by atoms with Crippen molar-refractivity contribution in [2.24, 2.45) is 0 Å². The van der Waals surface area contributed by atoms with Crippen LogP contribution in [0.15, 0.2) is 59.0 Å². The molecule has 21 heavy (non-hydrogen) atoms. The summed E-state index contributed by atoms with van der Waals surface area (Å²) in [4.78, 5) is 0. The maximum absolute atomic E-state index is 5.95. The van der Waals surface area contributed by atoms with Gasteiger partial charge < -0.3 is 9.73 Å². The second-order valence-corrected chi connectivity index (χ2v) is 5.95. The topological polar surface area (TPSA) is 25.2 Å². The fraction of sp³-hybridized carbons (Fsp3) is 0.263. The lowest BCUT2D eigenvalue weighted by Crippen LogP contribution is -2.31. The molecular formula is C19H19NO. The van der Waals surface area contributed by atoms with E-state index in [1.807, 2.05) is 18.2 Å². The lowest BCUT2D eigenvalue weighted by Gasteiger charge is -2.17. The van der Waals surface area contributed by atoms with Crippen molar-refractivity contribution in [3.63, 3.8) is 0 Å². The van der Waals surface area contributed by atoms with Gasteiger partial charge in [-0.05, 0) is 43.0 Å². The number of hydrogen-bond acceptors (Lipinski definition) is 2. The van der Waals surface area contributed by atoms with Crippen LogP contribution in [0.5, 0.6) is 0 Å². The van der Waals surface area contributed by atoms with Crippen molar-refractivity contribution in [3.8, 4) is 0 Å². The second-order valence-electron chi connectivity index (χ2n) is 5.95. The van der Waals surface area contributed by atoms with E-state index < -0.39 is 0 Å². The van der Waals surface area contributed by atoms with Gasteiger partial charge in [0.1, 0.15) is 11.3 Å². The highest BCUT2D eigenvalue weighted by atomic mass is 16.3. The third-order valence-corrected chi connectivity index (χ3v) is 4.41. The lowest BCUT2D eigenvalue weighted by atomic mass is 10.1. The average Bonchev–Trinajstić information content (AvgIpc) is 3.10. The fourth-order valence-electron chi connectivity index (χ4n) is 3.33. The predicted octanol–water partition coefficient (Wildman–Crippen LogP) is 4.25. The molecule has 0 radical (unpaired) electrons. The number of benzene rings is 2. The molecule has 2 aromatic carbocycles. The zero-order chi connectivity index (χ0) is 14.2. The third-order valence-electron chi connectivity index (χ3n) is 4.41. The molecule has 1 heterocycles. The van der Waals surface area contributed by atoms with Crippen LogP contribution >= 0.6 is 0 Å². The quantitative estimate of drug-likeness (QED) is 0.774. The minimum atomic E-state index is 0.233. The predicted molar refractivity (Wildman–Crippen MR) is 85.4 cm³/mol. The molecule has 1 aliphatic rings. The summed E-state index contributed by atoms with van der Waals surface area (Å²) in [5.74, 6) is 1.02. The van der Waals surface area contributed by atoms with Gasteiger partial charge in [0.05, 0.1) is 6.04 Å². The summed E-state index contributed by atoms with van der Waals surface area (Å²) in [5.41, 5.74) is 3.93. The van der Waals surface area contributed by atoms with Crippen LogP contribution in [0.1, 0.15) is 29.9 Å². The van der Waals surface area contributed by atoms with Gasteiger partial charge in [-0.25, -0.2) is 0 Å². The van der Waals surface area contributed by atoms with Crippen molar-refractivity contribution in [3.05, 3.63) is 71.5 Å². The van der Waals surface area contributed by atoms with E-state index in [4.69, 9.17) is 4.42 Å². The summed E-state index contributed by atoms with van der Waals surface area (Å²) in [6.45, 7) is 2.18. The van der Waals surface area contributed by atoms with Crippen molar-refractivity contribution < 1.29 is 4.42 Å². The van der Waals surface area contributed by atoms with Gasteiger partial charge in [0.25, 0.3) is 0 Å². The van der Waals surface area contributed by atoms with Gasteiger partial charge in [-0.15, -0.1) is 0 Å². The van der Waals surface area contributed by atoms with Gasteiger partial charge >= 0.3 is 0 Å². The molecule has 0 saturated heterocycles. The van der Waals surface area contributed by atoms with Gasteiger partial charge in [0.15, 0.2) is 0 Å². The van der Waals surface area contributed by atoms with Gasteiger partial charge in [-0.3, -0.25) is 0 Å². The third kappa shape index (κ3) is 2.36. The minimum absolute atomic E-state index is 0.233. The average molecular weight is 277 g/mol. The molecular weight excluding hydrogens is 258 g/mol. The molecule has 1 aliphatic carbocycles. The van der Waals surface area contributed by atoms with Crippen molar-refractivity contribution in [1.29, 1.82) is 0 Å². The van der Waals surface area contributed by atoms with Crippen LogP contribution in [0.25, 0.3) is 11.0 Å². The molecule has 0 spiro atoms. The molecule has 3 aromatic rings. The van der Waals surface area contributed by atoms with Crippen molar-refractivity contribution in [2.75, 3.05) is 0 Å². The number of furan rings is 1. The van der Waals surface area contributed by atoms with E-state index in [2.05, 4.69) is 48.6 Å². The first kappa shape index (κ1) is 12.7. The summed E-state index contributed by atoms with van der Waals surface area (Å²) >= 11 is 0. The molecule has 0 fully saturated rings. The minimum Gasteiger partial charge on any atom is -0.459 e. The van der Waals surface area contributed by atoms with Crippen LogP contribution in [0.3, 0.4) is 0 Å². The first-order valence-corrected chi connectivity index (χ1v) is 7.61. The first-order valence-electron chi connectivity index (χ1n) is 7.61. The Kier molecular flexibility index (Phi) is 3.04. The fourth-order valence-corrected chi connectivity index (χ4v) is 3.33. The summed E-state index contributed by atoms with van der Waals surface area (Å²) in [6.07, 6.45) is 2.22. The van der Waals surface area contributed by atoms with E-state index in [0.29, 0.717) is 6.04 Å². The van der Waals surface area contributed by atoms with E-state index in [-0.39, 0.29) is 6.04 Å². The summed E-state index contributed by atoms with van der Waals surface area (Å²) in [7, 11) is 0. The standard InChI is InChI=1S/C19H19NO/c1-13(19-12-16-8-4-5-9-18(16)21-19)20-17-10-14-6-2-3-7-15(14)11-17/h2-9,12-13,17,20H,10-11H2,1H3. The number of hydrogen-bond donors (Lipinski definition) is 1. The monoisotopic (exact) mass is 277 g/mol. The van der Waals surface area contributed by atoms with Crippen LogP contribution < -0.4 is 5.32 Å². The normalized spacial score (nSPS) is 16.2. The molecule has 1 atom stereocenters. The smallest absolute Gasteiger partial charge is 0.134 e. The van der Waals surface area contributed by atoms with Gasteiger partial charge in [-0.2, -0.15) is 0 Å². The Morgan fingerprint density at radius 1 is 1.00 bits per heavy atom. The Hall–Kier alpha value is -2.06. The number of fused-ring (bicyclic) bond motifs is 2. The van der Waals surface area contributed by atoms with E-state index in [9.17, 15) is 0 Å². The largest absolute Gasteiger partial charge is 0.459 e. The Morgan fingerprint density at radius 2 is 1.67 bits per heavy atom. The molecule has 1 aromatic heterocycles. The first-order chi connectivity index (χ1) is 10.3. The summed E-state index contributed by atoms with van der Waals surface area (Å²) in [5, 5.41) is 4.89. The highest BCUT2D eigenvalue weighted by molar-refractivity contribution is 5.77. The van der Waals surface area contributed by atoms with Crippen LogP contribution in [0.4, 0.5) is 0 Å². The zero-order valence-electron chi connectivity index (χ0n) is 12.2. The molecule has 1 unspecified atom stereocenters. The number of rotatable bonds is 3. The van der Waals surface area contributed by atoms with Gasteiger partial charge in [0, 0.05) is 11.4 Å².